The second kappa shape index (κ2) is 11.3. The van der Waals surface area contributed by atoms with Gasteiger partial charge in [0, 0.05) is 38.6 Å². The van der Waals surface area contributed by atoms with Gasteiger partial charge in [0.05, 0.1) is 23.3 Å². The third-order valence-corrected chi connectivity index (χ3v) is 6.19. The van der Waals surface area contributed by atoms with Gasteiger partial charge in [0.1, 0.15) is 17.9 Å². The monoisotopic (exact) mass is 500 g/mol. The van der Waals surface area contributed by atoms with Crippen molar-refractivity contribution in [2.75, 3.05) is 19.6 Å². The van der Waals surface area contributed by atoms with E-state index in [9.17, 15) is 9.18 Å². The molecule has 1 aliphatic heterocycles. The standard InChI is InChI=1S/C28H29FN6O2/c1-18-4-2-5-19(14-18)20-7-8-22-23(15-20)34-26(33-22)9-12-30-13-10-27-35-25(17-37-27)28(36)32-16-24-21(29)6-3-11-31-24/h2,4-5,7-8,11,14-15,17,30H,3,6,9-10,12-13,16H2,1H3,(H,32,36)(H,33,34). The van der Waals surface area contributed by atoms with Crippen LogP contribution >= 0.6 is 0 Å². The number of aromatic amines is 1. The average molecular weight is 501 g/mol. The molecule has 5 rings (SSSR count). The molecule has 0 spiro atoms. The number of halogens is 1. The van der Waals surface area contributed by atoms with Crippen molar-refractivity contribution in [2.45, 2.75) is 32.6 Å². The van der Waals surface area contributed by atoms with Gasteiger partial charge in [-0.2, -0.15) is 0 Å². The minimum atomic E-state index is -0.417. The summed E-state index contributed by atoms with van der Waals surface area (Å²) >= 11 is 0. The SMILES string of the molecule is Cc1cccc(-c2ccc3nc(CCNCCc4nc(C(=O)NCC5=C(F)CCC=N5)co4)[nH]c3c2)c1. The second-order valence-electron chi connectivity index (χ2n) is 9.05. The predicted octanol–water partition coefficient (Wildman–Crippen LogP) is 4.68. The van der Waals surface area contributed by atoms with E-state index in [1.165, 1.54) is 17.4 Å². The highest BCUT2D eigenvalue weighted by molar-refractivity contribution is 5.92. The molecule has 4 aromatic rings. The molecule has 9 heteroatoms. The van der Waals surface area contributed by atoms with Crippen molar-refractivity contribution in [3.63, 3.8) is 0 Å². The van der Waals surface area contributed by atoms with Crippen molar-refractivity contribution in [3.05, 3.63) is 83.2 Å². The summed E-state index contributed by atoms with van der Waals surface area (Å²) in [4.78, 5) is 28.6. The second-order valence-corrected chi connectivity index (χ2v) is 9.05. The third kappa shape index (κ3) is 6.18. The van der Waals surface area contributed by atoms with Gasteiger partial charge in [-0.15, -0.1) is 0 Å². The van der Waals surface area contributed by atoms with Crippen molar-refractivity contribution >= 4 is 23.2 Å². The average Bonchev–Trinajstić information content (AvgIpc) is 3.54. The predicted molar refractivity (Wildman–Crippen MR) is 141 cm³/mol. The van der Waals surface area contributed by atoms with Crippen molar-refractivity contribution in [3.8, 4) is 11.1 Å². The lowest BCUT2D eigenvalue weighted by Gasteiger charge is -2.09. The van der Waals surface area contributed by atoms with Crippen LogP contribution in [-0.2, 0) is 12.8 Å². The Morgan fingerprint density at radius 1 is 1.11 bits per heavy atom. The van der Waals surface area contributed by atoms with E-state index in [4.69, 9.17) is 9.40 Å². The summed E-state index contributed by atoms with van der Waals surface area (Å²) in [5.41, 5.74) is 5.98. The zero-order chi connectivity index (χ0) is 25.6. The molecule has 0 saturated carbocycles. The Kier molecular flexibility index (Phi) is 7.51. The molecule has 0 saturated heterocycles. The van der Waals surface area contributed by atoms with Gasteiger partial charge < -0.3 is 20.0 Å². The Labute approximate surface area is 214 Å². The van der Waals surface area contributed by atoms with Crippen LogP contribution in [-0.4, -0.2) is 46.7 Å². The fourth-order valence-electron chi connectivity index (χ4n) is 4.22. The van der Waals surface area contributed by atoms with Crippen LogP contribution in [0.15, 0.2) is 69.7 Å². The number of rotatable bonds is 10. The number of carbonyl (C=O) groups is 1. The summed E-state index contributed by atoms with van der Waals surface area (Å²) in [5, 5.41) is 5.99. The number of carbonyl (C=O) groups excluding carboxylic acids is 1. The van der Waals surface area contributed by atoms with Crippen LogP contribution in [0.1, 0.15) is 40.6 Å². The number of allylic oxidation sites excluding steroid dienone is 1. The first-order valence-corrected chi connectivity index (χ1v) is 12.4. The number of imidazole rings is 1. The van der Waals surface area contributed by atoms with Crippen LogP contribution in [0.25, 0.3) is 22.2 Å². The maximum Gasteiger partial charge on any atom is 0.273 e. The summed E-state index contributed by atoms with van der Waals surface area (Å²) in [7, 11) is 0. The lowest BCUT2D eigenvalue weighted by atomic mass is 10.0. The van der Waals surface area contributed by atoms with E-state index in [-0.39, 0.29) is 23.8 Å². The Balaban J connectivity index is 1.07. The Morgan fingerprint density at radius 3 is 2.84 bits per heavy atom. The number of aryl methyl sites for hydroxylation is 1. The van der Waals surface area contributed by atoms with Gasteiger partial charge in [0.2, 0.25) is 0 Å². The molecule has 0 fully saturated rings. The van der Waals surface area contributed by atoms with E-state index in [1.54, 1.807) is 6.21 Å². The van der Waals surface area contributed by atoms with Gasteiger partial charge in [0.15, 0.2) is 11.6 Å². The highest BCUT2D eigenvalue weighted by Crippen LogP contribution is 2.24. The maximum absolute atomic E-state index is 13.7. The van der Waals surface area contributed by atoms with Gasteiger partial charge >= 0.3 is 0 Å². The summed E-state index contributed by atoms with van der Waals surface area (Å²) in [6, 6.07) is 14.7. The van der Waals surface area contributed by atoms with Gasteiger partial charge in [0.25, 0.3) is 5.91 Å². The van der Waals surface area contributed by atoms with Crippen LogP contribution in [0.5, 0.6) is 0 Å². The van der Waals surface area contributed by atoms with E-state index in [1.807, 2.05) is 6.07 Å². The van der Waals surface area contributed by atoms with Crippen LogP contribution in [0.4, 0.5) is 4.39 Å². The van der Waals surface area contributed by atoms with Crippen LogP contribution in [0, 0.1) is 6.92 Å². The molecule has 1 amide bonds. The molecule has 2 aromatic carbocycles. The summed E-state index contributed by atoms with van der Waals surface area (Å²) < 4.78 is 19.1. The van der Waals surface area contributed by atoms with Gasteiger partial charge in [-0.1, -0.05) is 35.9 Å². The fraction of sp³-hybridized carbons (Fsp3) is 0.286. The zero-order valence-electron chi connectivity index (χ0n) is 20.7. The van der Waals surface area contributed by atoms with E-state index in [2.05, 4.69) is 68.9 Å². The molecule has 3 heterocycles. The molecular formula is C28H29FN6O2. The number of aromatic nitrogens is 3. The first-order chi connectivity index (χ1) is 18.0. The van der Waals surface area contributed by atoms with Crippen molar-refractivity contribution in [2.24, 2.45) is 4.99 Å². The molecule has 190 valence electrons. The number of hydrogen-bond donors (Lipinski definition) is 3. The quantitative estimate of drug-likeness (QED) is 0.274. The van der Waals surface area contributed by atoms with Gasteiger partial charge in [-0.25, -0.2) is 14.4 Å². The van der Waals surface area contributed by atoms with Gasteiger partial charge in [-0.3, -0.25) is 9.79 Å². The van der Waals surface area contributed by atoms with Crippen LogP contribution < -0.4 is 10.6 Å². The summed E-state index contributed by atoms with van der Waals surface area (Å²) in [6.45, 7) is 3.50. The number of H-pyrrole nitrogens is 1. The molecule has 2 aromatic heterocycles. The number of fused-ring (bicyclic) bond motifs is 1. The number of oxazole rings is 1. The van der Waals surface area contributed by atoms with Crippen LogP contribution in [0.2, 0.25) is 0 Å². The first-order valence-electron chi connectivity index (χ1n) is 12.4. The molecule has 0 bridgehead atoms. The lowest BCUT2D eigenvalue weighted by Crippen LogP contribution is -2.26. The van der Waals surface area contributed by atoms with E-state index < -0.39 is 5.91 Å². The molecule has 0 atom stereocenters. The normalized spacial score (nSPS) is 13.5. The molecule has 0 aliphatic carbocycles. The molecule has 1 aliphatic rings. The highest BCUT2D eigenvalue weighted by Gasteiger charge is 2.15. The molecule has 0 unspecified atom stereocenters. The van der Waals surface area contributed by atoms with Crippen LogP contribution in [0.3, 0.4) is 0 Å². The number of nitrogens with one attached hydrogen (secondary N) is 3. The lowest BCUT2D eigenvalue weighted by molar-refractivity contribution is 0.0951. The third-order valence-electron chi connectivity index (χ3n) is 6.19. The minimum absolute atomic E-state index is 0.0277. The molecule has 0 radical (unpaired) electrons. The van der Waals surface area contributed by atoms with Crippen molar-refractivity contribution < 1.29 is 13.6 Å². The highest BCUT2D eigenvalue weighted by atomic mass is 19.1. The topological polar surface area (TPSA) is 108 Å². The smallest absolute Gasteiger partial charge is 0.273 e. The summed E-state index contributed by atoms with van der Waals surface area (Å²) in [6.07, 6.45) is 5.17. The number of hydrogen-bond acceptors (Lipinski definition) is 6. The van der Waals surface area contributed by atoms with Gasteiger partial charge in [-0.05, 0) is 36.6 Å². The number of benzene rings is 2. The number of nitrogens with zero attached hydrogens (tertiary/aromatic N) is 3. The zero-order valence-corrected chi connectivity index (χ0v) is 20.7. The van der Waals surface area contributed by atoms with Crippen molar-refractivity contribution in [1.82, 2.24) is 25.6 Å². The minimum Gasteiger partial charge on any atom is -0.448 e. The maximum atomic E-state index is 13.7. The first kappa shape index (κ1) is 24.6. The number of aliphatic imine (C=N–C) groups is 1. The molecule has 3 N–H and O–H groups in total. The van der Waals surface area contributed by atoms with E-state index in [0.29, 0.717) is 31.7 Å². The Hall–Kier alpha value is -4.11. The molecule has 8 nitrogen and oxygen atoms in total. The largest absolute Gasteiger partial charge is 0.448 e. The Morgan fingerprint density at radius 2 is 1.97 bits per heavy atom. The van der Waals surface area contributed by atoms with E-state index >= 15 is 0 Å². The number of amides is 1. The van der Waals surface area contributed by atoms with Crippen molar-refractivity contribution in [1.29, 1.82) is 0 Å². The fourth-order valence-corrected chi connectivity index (χ4v) is 4.22. The van der Waals surface area contributed by atoms with E-state index in [0.717, 1.165) is 35.4 Å². The Bertz CT molecular complexity index is 1470. The summed E-state index contributed by atoms with van der Waals surface area (Å²) in [5.74, 6) is 0.683. The molecular weight excluding hydrogens is 471 g/mol. The molecule has 37 heavy (non-hydrogen) atoms.